The highest BCUT2D eigenvalue weighted by Crippen LogP contribution is 2.55. The van der Waals surface area contributed by atoms with Crippen molar-refractivity contribution in [2.24, 2.45) is 11.8 Å². The summed E-state index contributed by atoms with van der Waals surface area (Å²) in [6.45, 7) is 4.55. The number of benzene rings is 2. The van der Waals surface area contributed by atoms with Gasteiger partial charge in [0.05, 0.1) is 34.9 Å². The van der Waals surface area contributed by atoms with Gasteiger partial charge in [-0.3, -0.25) is 9.59 Å². The van der Waals surface area contributed by atoms with Crippen LogP contribution in [0.25, 0.3) is 0 Å². The highest BCUT2D eigenvalue weighted by atomic mass is 35.5. The maximum atomic E-state index is 13.7. The minimum Gasteiger partial charge on any atom is -0.481 e. The number of amides is 1. The Labute approximate surface area is 210 Å². The Hall–Kier alpha value is -2.68. The fourth-order valence-electron chi connectivity index (χ4n) is 4.37. The maximum Gasteiger partial charge on any atom is 0.392 e. The molecule has 196 valence electrons. The summed E-state index contributed by atoms with van der Waals surface area (Å²) < 4.78 is 67.9. The monoisotopic (exact) mass is 531 g/mol. The van der Waals surface area contributed by atoms with Crippen LogP contribution in [0.5, 0.6) is 0 Å². The second-order valence-electron chi connectivity index (χ2n) is 9.67. The Kier molecular flexibility index (Phi) is 8.03. The fourth-order valence-corrected chi connectivity index (χ4v) is 4.54. The maximum absolute atomic E-state index is 13.7. The van der Waals surface area contributed by atoms with Crippen LogP contribution in [0.2, 0.25) is 5.02 Å². The van der Waals surface area contributed by atoms with E-state index in [2.05, 4.69) is 5.32 Å². The summed E-state index contributed by atoms with van der Waals surface area (Å²) in [5.41, 5.74) is 0.964. The molecule has 0 aromatic heterocycles. The van der Waals surface area contributed by atoms with Gasteiger partial charge in [0, 0.05) is 6.42 Å². The molecule has 2 unspecified atom stereocenters. The lowest BCUT2D eigenvalue weighted by molar-refractivity contribution is -0.178. The summed E-state index contributed by atoms with van der Waals surface area (Å²) in [6, 6.07) is 9.76. The first kappa shape index (κ1) is 27.9. The molecule has 4 atom stereocenters. The van der Waals surface area contributed by atoms with Gasteiger partial charge in [-0.05, 0) is 40.7 Å². The standard InChI is InChI=1S/C26H27ClF5NO3/c1-13(2)18(11-22(34)35)17-8-9-20(27)21(10-17)33-24(36)23(14(3)26(30,31)32)16-6-4-15(5-7-16)19-12-25(19,28)29/h4-10,13-14,18-19,23H,11-12H2,1-3H3,(H,33,36)(H,34,35)/t14-,18?,19?,23+/m1/s1. The van der Waals surface area contributed by atoms with E-state index in [1.54, 1.807) is 6.07 Å². The molecule has 0 heterocycles. The molecule has 1 aliphatic rings. The molecule has 4 nitrogen and oxygen atoms in total. The Balaban J connectivity index is 1.92. The molecule has 3 rings (SSSR count). The zero-order valence-corrected chi connectivity index (χ0v) is 20.6. The van der Waals surface area contributed by atoms with Crippen LogP contribution < -0.4 is 5.32 Å². The molecule has 1 saturated carbocycles. The smallest absolute Gasteiger partial charge is 0.392 e. The number of hydrogen-bond donors (Lipinski definition) is 2. The van der Waals surface area contributed by atoms with Crippen molar-refractivity contribution in [2.75, 3.05) is 5.32 Å². The lowest BCUT2D eigenvalue weighted by atomic mass is 9.84. The molecule has 1 fully saturated rings. The average Bonchev–Trinajstić information content (AvgIpc) is 3.41. The van der Waals surface area contributed by atoms with Gasteiger partial charge >= 0.3 is 12.1 Å². The van der Waals surface area contributed by atoms with E-state index >= 15 is 0 Å². The highest BCUT2D eigenvalue weighted by molar-refractivity contribution is 6.33. The van der Waals surface area contributed by atoms with Gasteiger partial charge in [-0.2, -0.15) is 13.2 Å². The van der Waals surface area contributed by atoms with E-state index in [9.17, 15) is 36.6 Å². The molecule has 10 heteroatoms. The van der Waals surface area contributed by atoms with E-state index in [1.165, 1.54) is 36.4 Å². The number of carbonyl (C=O) groups is 2. The quantitative estimate of drug-likeness (QED) is 0.327. The second-order valence-corrected chi connectivity index (χ2v) is 10.1. The number of anilines is 1. The minimum atomic E-state index is -4.71. The molecule has 2 aromatic rings. The Bertz CT molecular complexity index is 1120. The van der Waals surface area contributed by atoms with Gasteiger partial charge in [0.15, 0.2) is 0 Å². The van der Waals surface area contributed by atoms with Crippen LogP contribution in [0.3, 0.4) is 0 Å². The fraction of sp³-hybridized carbons (Fsp3) is 0.462. The molecule has 0 aliphatic heterocycles. The number of alkyl halides is 5. The summed E-state index contributed by atoms with van der Waals surface area (Å²) in [6.07, 6.45) is -5.20. The average molecular weight is 532 g/mol. The van der Waals surface area contributed by atoms with E-state index in [1.807, 2.05) is 13.8 Å². The third-order valence-corrected chi connectivity index (χ3v) is 7.03. The lowest BCUT2D eigenvalue weighted by Crippen LogP contribution is -2.34. The third kappa shape index (κ3) is 6.35. The van der Waals surface area contributed by atoms with Crippen molar-refractivity contribution in [1.82, 2.24) is 0 Å². The Morgan fingerprint density at radius 2 is 1.64 bits per heavy atom. The van der Waals surface area contributed by atoms with Crippen molar-refractivity contribution in [3.63, 3.8) is 0 Å². The van der Waals surface area contributed by atoms with E-state index in [0.29, 0.717) is 11.1 Å². The first-order chi connectivity index (χ1) is 16.6. The van der Waals surface area contributed by atoms with Crippen molar-refractivity contribution in [3.05, 3.63) is 64.2 Å². The number of nitrogens with one attached hydrogen (secondary N) is 1. The molecule has 0 spiro atoms. The summed E-state index contributed by atoms with van der Waals surface area (Å²) in [5, 5.41) is 11.8. The van der Waals surface area contributed by atoms with E-state index in [0.717, 1.165) is 6.92 Å². The summed E-state index contributed by atoms with van der Waals surface area (Å²) in [4.78, 5) is 24.5. The summed E-state index contributed by atoms with van der Waals surface area (Å²) in [7, 11) is 0. The SMILES string of the molecule is CC(C)C(CC(=O)O)c1ccc(Cl)c(NC(=O)[C@H](c2ccc(C3CC3(F)F)cc2)[C@@H](C)C(F)(F)F)c1. The van der Waals surface area contributed by atoms with Crippen molar-refractivity contribution >= 4 is 29.2 Å². The van der Waals surface area contributed by atoms with Gasteiger partial charge in [0.2, 0.25) is 5.91 Å². The first-order valence-electron chi connectivity index (χ1n) is 11.5. The number of carboxylic acids is 1. The molecule has 0 radical (unpaired) electrons. The summed E-state index contributed by atoms with van der Waals surface area (Å²) in [5.74, 6) is -10.0. The van der Waals surface area contributed by atoms with E-state index in [4.69, 9.17) is 11.6 Å². The number of halogens is 6. The van der Waals surface area contributed by atoms with Crippen LogP contribution in [0, 0.1) is 11.8 Å². The van der Waals surface area contributed by atoms with Crippen LogP contribution in [0.4, 0.5) is 27.6 Å². The molecule has 2 aromatic carbocycles. The zero-order valence-electron chi connectivity index (χ0n) is 19.9. The predicted octanol–water partition coefficient (Wildman–Crippen LogP) is 7.60. The van der Waals surface area contributed by atoms with Crippen molar-refractivity contribution in [3.8, 4) is 0 Å². The van der Waals surface area contributed by atoms with Gasteiger partial charge in [0.1, 0.15) is 0 Å². The molecular formula is C26H27ClF5NO3. The van der Waals surface area contributed by atoms with Crippen LogP contribution in [-0.4, -0.2) is 29.1 Å². The third-order valence-electron chi connectivity index (χ3n) is 6.70. The lowest BCUT2D eigenvalue weighted by Gasteiger charge is -2.26. The van der Waals surface area contributed by atoms with Crippen molar-refractivity contribution in [2.45, 2.75) is 63.5 Å². The molecule has 36 heavy (non-hydrogen) atoms. The van der Waals surface area contributed by atoms with E-state index < -0.39 is 47.6 Å². The first-order valence-corrected chi connectivity index (χ1v) is 11.9. The number of aliphatic carboxylic acids is 1. The predicted molar refractivity (Wildman–Crippen MR) is 127 cm³/mol. The Morgan fingerprint density at radius 1 is 1.08 bits per heavy atom. The number of rotatable bonds is 9. The topological polar surface area (TPSA) is 66.4 Å². The minimum absolute atomic E-state index is 0.0308. The van der Waals surface area contributed by atoms with Gasteiger partial charge in [-0.25, -0.2) is 8.78 Å². The molecule has 1 amide bonds. The molecule has 0 bridgehead atoms. The van der Waals surface area contributed by atoms with Crippen LogP contribution >= 0.6 is 11.6 Å². The zero-order chi connectivity index (χ0) is 27.0. The molecular weight excluding hydrogens is 505 g/mol. The van der Waals surface area contributed by atoms with Gasteiger partial charge in [-0.1, -0.05) is 62.7 Å². The molecule has 1 aliphatic carbocycles. The van der Waals surface area contributed by atoms with Crippen LogP contribution in [-0.2, 0) is 9.59 Å². The number of carboxylic acid groups (broad SMARTS) is 1. The second kappa shape index (κ2) is 10.4. The van der Waals surface area contributed by atoms with E-state index in [-0.39, 0.29) is 35.0 Å². The highest BCUT2D eigenvalue weighted by Gasteiger charge is 2.57. The van der Waals surface area contributed by atoms with Gasteiger partial charge in [-0.15, -0.1) is 0 Å². The van der Waals surface area contributed by atoms with Crippen molar-refractivity contribution < 1.29 is 36.6 Å². The van der Waals surface area contributed by atoms with Gasteiger partial charge < -0.3 is 10.4 Å². The van der Waals surface area contributed by atoms with Crippen molar-refractivity contribution in [1.29, 1.82) is 0 Å². The molecule has 0 saturated heterocycles. The normalized spacial score (nSPS) is 19.4. The van der Waals surface area contributed by atoms with Crippen LogP contribution in [0.15, 0.2) is 42.5 Å². The number of carbonyl (C=O) groups excluding carboxylic acids is 1. The number of hydrogen-bond acceptors (Lipinski definition) is 2. The Morgan fingerprint density at radius 3 is 2.11 bits per heavy atom. The van der Waals surface area contributed by atoms with Gasteiger partial charge in [0.25, 0.3) is 5.92 Å². The molecule has 2 N–H and O–H groups in total. The largest absolute Gasteiger partial charge is 0.481 e. The van der Waals surface area contributed by atoms with Crippen LogP contribution in [0.1, 0.15) is 68.1 Å². The summed E-state index contributed by atoms with van der Waals surface area (Å²) >= 11 is 6.22.